The largest absolute Gasteiger partial charge is 0.336 e. The summed E-state index contributed by atoms with van der Waals surface area (Å²) in [6.07, 6.45) is 9.21. The Labute approximate surface area is 97.4 Å². The minimum absolute atomic E-state index is 0.338. The molecule has 16 heavy (non-hydrogen) atoms. The molecule has 2 bridgehead atoms. The van der Waals surface area contributed by atoms with Crippen molar-refractivity contribution in [3.05, 3.63) is 0 Å². The van der Waals surface area contributed by atoms with Gasteiger partial charge in [0, 0.05) is 24.0 Å². The molecule has 0 spiro atoms. The first-order valence-corrected chi connectivity index (χ1v) is 6.83. The van der Waals surface area contributed by atoms with Crippen LogP contribution >= 0.6 is 0 Å². The van der Waals surface area contributed by atoms with Gasteiger partial charge in [-0.1, -0.05) is 12.8 Å². The molecule has 1 amide bonds. The van der Waals surface area contributed by atoms with E-state index in [2.05, 4.69) is 4.90 Å². The lowest BCUT2D eigenvalue weighted by molar-refractivity contribution is -0.140. The molecule has 1 aliphatic carbocycles. The molecule has 3 nitrogen and oxygen atoms in total. The number of rotatable bonds is 1. The molecule has 0 aromatic carbocycles. The number of nitrogens with zero attached hydrogens (tertiary/aromatic N) is 1. The maximum absolute atomic E-state index is 12.5. The Morgan fingerprint density at radius 1 is 1.00 bits per heavy atom. The summed E-state index contributed by atoms with van der Waals surface area (Å²) in [5.74, 6) is 0.800. The molecule has 2 atom stereocenters. The first kappa shape index (κ1) is 10.6. The van der Waals surface area contributed by atoms with Gasteiger partial charge in [0.05, 0.1) is 0 Å². The lowest BCUT2D eigenvalue weighted by atomic mass is 9.95. The van der Waals surface area contributed by atoms with Crippen LogP contribution in [0.3, 0.4) is 0 Å². The van der Waals surface area contributed by atoms with Crippen LogP contribution in [0.2, 0.25) is 0 Å². The quantitative estimate of drug-likeness (QED) is 0.733. The van der Waals surface area contributed by atoms with Crippen LogP contribution in [0, 0.1) is 5.92 Å². The fourth-order valence-corrected chi connectivity index (χ4v) is 3.96. The van der Waals surface area contributed by atoms with Crippen molar-refractivity contribution < 1.29 is 4.79 Å². The van der Waals surface area contributed by atoms with E-state index in [4.69, 9.17) is 5.73 Å². The molecule has 0 aromatic heterocycles. The number of hydrogen-bond acceptors (Lipinski definition) is 2. The van der Waals surface area contributed by atoms with Gasteiger partial charge in [-0.25, -0.2) is 0 Å². The molecule has 3 heteroatoms. The standard InChI is InChI=1S/C13H22N2O/c14-10-7-11-5-6-12(8-10)15(11)13(16)9-3-1-2-4-9/h9-12H,1-8,14H2. The molecule has 3 aliphatic rings. The van der Waals surface area contributed by atoms with E-state index in [0.717, 1.165) is 25.7 Å². The molecule has 0 aromatic rings. The van der Waals surface area contributed by atoms with Gasteiger partial charge in [-0.05, 0) is 38.5 Å². The summed E-state index contributed by atoms with van der Waals surface area (Å²) < 4.78 is 0. The highest BCUT2D eigenvalue weighted by Crippen LogP contribution is 2.38. The number of piperidine rings is 1. The first-order chi connectivity index (χ1) is 7.75. The van der Waals surface area contributed by atoms with Crippen LogP contribution in [0.4, 0.5) is 0 Å². The van der Waals surface area contributed by atoms with Crippen molar-refractivity contribution in [2.45, 2.75) is 69.5 Å². The lowest BCUT2D eigenvalue weighted by Crippen LogP contribution is -2.51. The van der Waals surface area contributed by atoms with Crippen LogP contribution in [0.25, 0.3) is 0 Å². The number of carbonyl (C=O) groups is 1. The van der Waals surface area contributed by atoms with E-state index in [-0.39, 0.29) is 0 Å². The second-order valence-corrected chi connectivity index (χ2v) is 5.84. The van der Waals surface area contributed by atoms with E-state index >= 15 is 0 Å². The summed E-state index contributed by atoms with van der Waals surface area (Å²) in [7, 11) is 0. The minimum atomic E-state index is 0.338. The molecule has 3 fully saturated rings. The zero-order valence-corrected chi connectivity index (χ0v) is 9.90. The lowest BCUT2D eigenvalue weighted by Gasteiger charge is -2.39. The predicted molar refractivity (Wildman–Crippen MR) is 62.8 cm³/mol. The van der Waals surface area contributed by atoms with Gasteiger partial charge >= 0.3 is 0 Å². The topological polar surface area (TPSA) is 46.3 Å². The normalized spacial score (nSPS) is 39.3. The van der Waals surface area contributed by atoms with Crippen LogP contribution < -0.4 is 5.73 Å². The van der Waals surface area contributed by atoms with Gasteiger partial charge in [0.1, 0.15) is 0 Å². The van der Waals surface area contributed by atoms with Gasteiger partial charge in [-0.15, -0.1) is 0 Å². The summed E-state index contributed by atoms with van der Waals surface area (Å²) in [6.45, 7) is 0. The Bertz CT molecular complexity index is 272. The van der Waals surface area contributed by atoms with Crippen molar-refractivity contribution in [1.82, 2.24) is 4.90 Å². The number of carbonyl (C=O) groups excluding carboxylic acids is 1. The van der Waals surface area contributed by atoms with Crippen molar-refractivity contribution >= 4 is 5.91 Å². The number of nitrogens with two attached hydrogens (primary N) is 1. The Hall–Kier alpha value is -0.570. The maximum atomic E-state index is 12.5. The summed E-state index contributed by atoms with van der Waals surface area (Å²) in [6, 6.07) is 1.29. The van der Waals surface area contributed by atoms with Crippen molar-refractivity contribution in [3.8, 4) is 0 Å². The highest BCUT2D eigenvalue weighted by atomic mass is 16.2. The van der Waals surface area contributed by atoms with E-state index in [1.54, 1.807) is 0 Å². The molecule has 1 saturated carbocycles. The molecule has 0 radical (unpaired) electrons. The molecule has 2 aliphatic heterocycles. The molecule has 3 rings (SSSR count). The molecular weight excluding hydrogens is 200 g/mol. The van der Waals surface area contributed by atoms with Crippen LogP contribution in [0.5, 0.6) is 0 Å². The average molecular weight is 222 g/mol. The van der Waals surface area contributed by atoms with Crippen molar-refractivity contribution in [3.63, 3.8) is 0 Å². The van der Waals surface area contributed by atoms with Crippen LogP contribution in [-0.2, 0) is 4.79 Å². The van der Waals surface area contributed by atoms with Crippen LogP contribution in [-0.4, -0.2) is 28.9 Å². The fourth-order valence-electron chi connectivity index (χ4n) is 3.96. The monoisotopic (exact) mass is 222 g/mol. The fraction of sp³-hybridized carbons (Fsp3) is 0.923. The van der Waals surface area contributed by atoms with Crippen molar-refractivity contribution in [2.24, 2.45) is 11.7 Å². The number of amides is 1. The van der Waals surface area contributed by atoms with Gasteiger partial charge in [-0.2, -0.15) is 0 Å². The number of fused-ring (bicyclic) bond motifs is 2. The Balaban J connectivity index is 1.72. The second-order valence-electron chi connectivity index (χ2n) is 5.84. The Kier molecular flexibility index (Phi) is 2.66. The van der Waals surface area contributed by atoms with Crippen molar-refractivity contribution in [1.29, 1.82) is 0 Å². The summed E-state index contributed by atoms with van der Waals surface area (Å²) in [5, 5.41) is 0. The average Bonchev–Trinajstić information content (AvgIpc) is 2.85. The van der Waals surface area contributed by atoms with Crippen LogP contribution in [0.15, 0.2) is 0 Å². The molecule has 2 unspecified atom stereocenters. The van der Waals surface area contributed by atoms with Crippen LogP contribution in [0.1, 0.15) is 51.4 Å². The van der Waals surface area contributed by atoms with Gasteiger partial charge in [0.25, 0.3) is 0 Å². The zero-order chi connectivity index (χ0) is 11.1. The van der Waals surface area contributed by atoms with Crippen molar-refractivity contribution in [2.75, 3.05) is 0 Å². The summed E-state index contributed by atoms with van der Waals surface area (Å²) >= 11 is 0. The third kappa shape index (κ3) is 1.65. The maximum Gasteiger partial charge on any atom is 0.226 e. The molecule has 90 valence electrons. The van der Waals surface area contributed by atoms with E-state index < -0.39 is 0 Å². The third-order valence-electron chi connectivity index (χ3n) is 4.73. The Morgan fingerprint density at radius 2 is 1.56 bits per heavy atom. The molecule has 2 N–H and O–H groups in total. The van der Waals surface area contributed by atoms with Gasteiger partial charge in [0.2, 0.25) is 5.91 Å². The minimum Gasteiger partial charge on any atom is -0.336 e. The molecule has 2 saturated heterocycles. The van der Waals surface area contributed by atoms with E-state index in [1.165, 1.54) is 25.7 Å². The summed E-state index contributed by atoms with van der Waals surface area (Å²) in [4.78, 5) is 14.7. The molecule has 2 heterocycles. The first-order valence-electron chi connectivity index (χ1n) is 6.83. The van der Waals surface area contributed by atoms with Gasteiger partial charge in [0.15, 0.2) is 0 Å². The van der Waals surface area contributed by atoms with Gasteiger partial charge < -0.3 is 10.6 Å². The molecular formula is C13H22N2O. The van der Waals surface area contributed by atoms with Gasteiger partial charge in [-0.3, -0.25) is 4.79 Å². The van der Waals surface area contributed by atoms with E-state index in [0.29, 0.717) is 30.0 Å². The highest BCUT2D eigenvalue weighted by Gasteiger charge is 2.44. The van der Waals surface area contributed by atoms with E-state index in [9.17, 15) is 4.79 Å². The Morgan fingerprint density at radius 3 is 2.12 bits per heavy atom. The SMILES string of the molecule is NC1CC2CCC(C1)N2C(=O)C1CCCC1. The third-order valence-corrected chi connectivity index (χ3v) is 4.73. The smallest absolute Gasteiger partial charge is 0.226 e. The van der Waals surface area contributed by atoms with E-state index in [1.807, 2.05) is 0 Å². The zero-order valence-electron chi connectivity index (χ0n) is 9.90. The number of hydrogen-bond donors (Lipinski definition) is 1. The second kappa shape index (κ2) is 4.02. The predicted octanol–water partition coefficient (Wildman–Crippen LogP) is 1.66. The summed E-state index contributed by atoms with van der Waals surface area (Å²) in [5.41, 5.74) is 6.03. The highest BCUT2D eigenvalue weighted by molar-refractivity contribution is 5.80.